The Morgan fingerprint density at radius 1 is 0.300 bits per heavy atom. The molecule has 6 nitrogen and oxygen atoms in total. The van der Waals surface area contributed by atoms with Crippen LogP contribution in [0.5, 0.6) is 23.0 Å². The molecule has 2 aromatic heterocycles. The van der Waals surface area contributed by atoms with Crippen LogP contribution in [0.2, 0.25) is 0 Å². The molecule has 6 aromatic carbocycles. The number of pyridine rings is 2. The molecular formula is C54H44N2O4. The highest BCUT2D eigenvalue weighted by molar-refractivity contribution is 5.75. The predicted molar refractivity (Wildman–Crippen MR) is 241 cm³/mol. The fourth-order valence-corrected chi connectivity index (χ4v) is 6.43. The highest BCUT2D eigenvalue weighted by Gasteiger charge is 2.10. The van der Waals surface area contributed by atoms with Crippen molar-refractivity contribution >= 4 is 24.3 Å². The van der Waals surface area contributed by atoms with Crippen molar-refractivity contribution in [2.24, 2.45) is 0 Å². The van der Waals surface area contributed by atoms with E-state index in [2.05, 4.69) is 82.8 Å². The number of nitrogens with zero attached hydrogens (tertiary/aromatic N) is 2. The summed E-state index contributed by atoms with van der Waals surface area (Å²) in [6, 6.07) is 60.6. The van der Waals surface area contributed by atoms with Crippen LogP contribution in [0.15, 0.2) is 194 Å². The van der Waals surface area contributed by atoms with Crippen molar-refractivity contribution in [3.05, 3.63) is 239 Å². The molecule has 0 atom stereocenters. The van der Waals surface area contributed by atoms with E-state index in [0.717, 1.165) is 55.9 Å². The van der Waals surface area contributed by atoms with Crippen LogP contribution in [0, 0.1) is 0 Å². The summed E-state index contributed by atoms with van der Waals surface area (Å²) in [7, 11) is 0. The molecule has 0 aliphatic carbocycles. The van der Waals surface area contributed by atoms with Crippen LogP contribution < -0.4 is 18.9 Å². The first-order valence-corrected chi connectivity index (χ1v) is 19.9. The molecule has 294 valence electrons. The molecule has 0 radical (unpaired) electrons. The van der Waals surface area contributed by atoms with Crippen molar-refractivity contribution < 1.29 is 18.9 Å². The minimum absolute atomic E-state index is 0.436. The van der Waals surface area contributed by atoms with Gasteiger partial charge in [0.1, 0.15) is 26.4 Å². The maximum Gasteiger partial charge on any atom is 0.162 e. The van der Waals surface area contributed by atoms with Crippen LogP contribution >= 0.6 is 0 Å². The van der Waals surface area contributed by atoms with E-state index in [9.17, 15) is 0 Å². The molecule has 60 heavy (non-hydrogen) atoms. The van der Waals surface area contributed by atoms with Crippen molar-refractivity contribution in [1.82, 2.24) is 9.97 Å². The van der Waals surface area contributed by atoms with Gasteiger partial charge in [0.25, 0.3) is 0 Å². The molecule has 0 fully saturated rings. The molecule has 0 amide bonds. The maximum absolute atomic E-state index is 6.31. The Morgan fingerprint density at radius 3 is 0.933 bits per heavy atom. The molecular weight excluding hydrogens is 741 g/mol. The molecule has 0 bridgehead atoms. The smallest absolute Gasteiger partial charge is 0.162 e. The highest BCUT2D eigenvalue weighted by Crippen LogP contribution is 2.33. The van der Waals surface area contributed by atoms with Crippen LogP contribution in [0.3, 0.4) is 0 Å². The molecule has 0 saturated heterocycles. The Balaban J connectivity index is 0.964. The van der Waals surface area contributed by atoms with E-state index in [-0.39, 0.29) is 0 Å². The minimum atomic E-state index is 0.436. The second-order valence-electron chi connectivity index (χ2n) is 14.1. The number of ether oxygens (including phenoxy) is 4. The van der Waals surface area contributed by atoms with Gasteiger partial charge < -0.3 is 18.9 Å². The second kappa shape index (κ2) is 20.1. The van der Waals surface area contributed by atoms with Gasteiger partial charge in [-0.1, -0.05) is 158 Å². The zero-order chi connectivity index (χ0) is 40.6. The first kappa shape index (κ1) is 39.1. The maximum atomic E-state index is 6.31. The summed E-state index contributed by atoms with van der Waals surface area (Å²) in [6.07, 6.45) is 11.9. The van der Waals surface area contributed by atoms with Gasteiger partial charge in [0.15, 0.2) is 23.0 Å². The Hall–Kier alpha value is -7.70. The summed E-state index contributed by atoms with van der Waals surface area (Å²) in [5, 5.41) is 0. The van der Waals surface area contributed by atoms with Crippen LogP contribution in [0.4, 0.5) is 0 Å². The van der Waals surface area contributed by atoms with Gasteiger partial charge in [-0.2, -0.15) is 0 Å². The molecule has 0 saturated carbocycles. The third kappa shape index (κ3) is 11.2. The van der Waals surface area contributed by atoms with E-state index in [1.807, 2.05) is 146 Å². The van der Waals surface area contributed by atoms with E-state index >= 15 is 0 Å². The summed E-state index contributed by atoms with van der Waals surface area (Å²) in [4.78, 5) is 9.33. The quantitative estimate of drug-likeness (QED) is 0.0916. The number of rotatable bonds is 17. The van der Waals surface area contributed by atoms with Crippen LogP contribution in [-0.2, 0) is 26.4 Å². The van der Waals surface area contributed by atoms with E-state index in [0.29, 0.717) is 49.4 Å². The third-order valence-corrected chi connectivity index (χ3v) is 9.65. The van der Waals surface area contributed by atoms with Crippen LogP contribution in [0.1, 0.15) is 44.5 Å². The molecule has 8 rings (SSSR count). The summed E-state index contributed by atoms with van der Waals surface area (Å²) in [5.74, 6) is 2.76. The second-order valence-corrected chi connectivity index (χ2v) is 14.1. The molecule has 0 aliphatic rings. The summed E-state index contributed by atoms with van der Waals surface area (Å²) in [6.45, 7) is 1.77. The third-order valence-electron chi connectivity index (χ3n) is 9.65. The predicted octanol–water partition coefficient (Wildman–Crippen LogP) is 12.8. The normalized spacial score (nSPS) is 11.1. The van der Waals surface area contributed by atoms with E-state index in [4.69, 9.17) is 18.9 Å². The van der Waals surface area contributed by atoms with Gasteiger partial charge in [-0.05, 0) is 93.0 Å². The van der Waals surface area contributed by atoms with Gasteiger partial charge >= 0.3 is 0 Å². The van der Waals surface area contributed by atoms with Gasteiger partial charge in [-0.25, -0.2) is 0 Å². The average molecular weight is 785 g/mol. The zero-order valence-corrected chi connectivity index (χ0v) is 33.1. The number of aromatic nitrogens is 2. The van der Waals surface area contributed by atoms with Crippen LogP contribution in [0.25, 0.3) is 35.7 Å². The van der Waals surface area contributed by atoms with Crippen LogP contribution in [-0.4, -0.2) is 9.97 Å². The van der Waals surface area contributed by atoms with E-state index in [1.165, 1.54) is 0 Å². The lowest BCUT2D eigenvalue weighted by Crippen LogP contribution is -2.01. The Labute approximate surface area is 351 Å². The van der Waals surface area contributed by atoms with Gasteiger partial charge in [-0.15, -0.1) is 0 Å². The summed E-state index contributed by atoms with van der Waals surface area (Å²) >= 11 is 0. The first-order chi connectivity index (χ1) is 29.7. The van der Waals surface area contributed by atoms with Crippen molar-refractivity contribution in [1.29, 1.82) is 0 Å². The monoisotopic (exact) mass is 784 g/mol. The van der Waals surface area contributed by atoms with E-state index < -0.39 is 0 Å². The Morgan fingerprint density at radius 2 is 0.600 bits per heavy atom. The Kier molecular flexibility index (Phi) is 13.1. The van der Waals surface area contributed by atoms with Gasteiger partial charge in [0, 0.05) is 12.4 Å². The highest BCUT2D eigenvalue weighted by atomic mass is 16.5. The summed E-state index contributed by atoms with van der Waals surface area (Å²) < 4.78 is 25.1. The lowest BCUT2D eigenvalue weighted by atomic mass is 10.1. The SMILES string of the molecule is C(=C\c1ccc(OCc2ccccc2)c(OCc2ccccc2)c1)/c1ccnc(-c2cc(/C=C/c3ccc(OCc4ccccc4)c(OCc4ccccc4)c3)ccn2)c1. The molecule has 0 unspecified atom stereocenters. The van der Waals surface area contributed by atoms with Gasteiger partial charge in [0.2, 0.25) is 0 Å². The fraction of sp³-hybridized carbons (Fsp3) is 0.0741. The molecule has 6 heteroatoms. The summed E-state index contributed by atoms with van der Waals surface area (Å²) in [5.41, 5.74) is 9.87. The van der Waals surface area contributed by atoms with Crippen molar-refractivity contribution in [2.75, 3.05) is 0 Å². The Bertz CT molecular complexity index is 2460. The largest absolute Gasteiger partial charge is 0.485 e. The van der Waals surface area contributed by atoms with Crippen molar-refractivity contribution in [3.8, 4) is 34.4 Å². The number of hydrogen-bond donors (Lipinski definition) is 0. The lowest BCUT2D eigenvalue weighted by Gasteiger charge is -2.14. The standard InChI is InChI=1S/C54H44N2O4/c1-5-13-45(14-6-1)37-57-51-27-25-41(35-53(51)59-39-47-17-9-3-10-18-47)21-23-43-29-31-55-49(33-43)50-34-44(30-32-56-50)24-22-42-26-28-52(58-38-46-15-7-2-8-16-46)54(36-42)60-40-48-19-11-4-12-20-48/h1-36H,37-40H2/b23-21+,24-22+. The molecule has 0 spiro atoms. The van der Waals surface area contributed by atoms with Gasteiger partial charge in [-0.3, -0.25) is 9.97 Å². The minimum Gasteiger partial charge on any atom is -0.485 e. The van der Waals surface area contributed by atoms with Crippen molar-refractivity contribution in [2.45, 2.75) is 26.4 Å². The molecule has 8 aromatic rings. The molecule has 2 heterocycles. The topological polar surface area (TPSA) is 62.7 Å². The number of benzene rings is 6. The first-order valence-electron chi connectivity index (χ1n) is 19.9. The van der Waals surface area contributed by atoms with E-state index in [1.54, 1.807) is 0 Å². The molecule has 0 N–H and O–H groups in total. The average Bonchev–Trinajstić information content (AvgIpc) is 3.32. The lowest BCUT2D eigenvalue weighted by molar-refractivity contribution is 0.256. The fourth-order valence-electron chi connectivity index (χ4n) is 6.43. The van der Waals surface area contributed by atoms with Crippen molar-refractivity contribution in [3.63, 3.8) is 0 Å². The van der Waals surface area contributed by atoms with Gasteiger partial charge in [0.05, 0.1) is 11.4 Å². The molecule has 0 aliphatic heterocycles. The zero-order valence-electron chi connectivity index (χ0n) is 33.1. The number of hydrogen-bond acceptors (Lipinski definition) is 6.